The molecule has 142 valence electrons. The molecule has 0 radical (unpaired) electrons. The molecule has 3 nitrogen and oxygen atoms in total. The van der Waals surface area contributed by atoms with E-state index < -0.39 is 11.1 Å². The fourth-order valence-corrected chi connectivity index (χ4v) is 3.84. The molecular formula is C23H26FNO2. The molecule has 1 unspecified atom stereocenters. The molecule has 1 atom stereocenters. The molecule has 1 heterocycles. The van der Waals surface area contributed by atoms with E-state index in [0.29, 0.717) is 19.4 Å². The van der Waals surface area contributed by atoms with Gasteiger partial charge in [-0.3, -0.25) is 4.90 Å². The number of carbonyl (C=O) groups is 1. The molecule has 3 rings (SSSR count). The zero-order valence-corrected chi connectivity index (χ0v) is 16.2. The standard InChI is InChI=1S/C23H26FNO2/c1-17(2)16-23(19-8-6-5-7-9-19)14-15-25(21(26)27-23)22(3,4)18-10-12-20(24)13-11-18/h5-13H,1,14-16H2,2-4H3. The van der Waals surface area contributed by atoms with Crippen molar-refractivity contribution in [3.05, 3.63) is 83.7 Å². The van der Waals surface area contributed by atoms with Crippen LogP contribution in [0.15, 0.2) is 66.7 Å². The van der Waals surface area contributed by atoms with Crippen LogP contribution in [-0.4, -0.2) is 17.5 Å². The predicted molar refractivity (Wildman–Crippen MR) is 105 cm³/mol. The summed E-state index contributed by atoms with van der Waals surface area (Å²) in [5.74, 6) is -0.291. The molecule has 2 aromatic carbocycles. The van der Waals surface area contributed by atoms with Crippen molar-refractivity contribution in [1.82, 2.24) is 4.90 Å². The van der Waals surface area contributed by atoms with E-state index in [-0.39, 0.29) is 11.9 Å². The third kappa shape index (κ3) is 3.75. The van der Waals surface area contributed by atoms with Gasteiger partial charge in [-0.2, -0.15) is 0 Å². The van der Waals surface area contributed by atoms with Crippen LogP contribution in [0.3, 0.4) is 0 Å². The molecular weight excluding hydrogens is 341 g/mol. The monoisotopic (exact) mass is 367 g/mol. The van der Waals surface area contributed by atoms with Crippen molar-refractivity contribution in [2.45, 2.75) is 44.8 Å². The Kier molecular flexibility index (Phi) is 5.09. The third-order valence-electron chi connectivity index (χ3n) is 5.36. The minimum atomic E-state index is -0.695. The van der Waals surface area contributed by atoms with Gasteiger partial charge in [-0.15, -0.1) is 0 Å². The molecule has 2 aromatic rings. The lowest BCUT2D eigenvalue weighted by Crippen LogP contribution is -2.54. The average molecular weight is 367 g/mol. The van der Waals surface area contributed by atoms with Gasteiger partial charge in [-0.25, -0.2) is 9.18 Å². The first kappa shape index (κ1) is 19.2. The van der Waals surface area contributed by atoms with E-state index >= 15 is 0 Å². The molecule has 1 aliphatic rings. The van der Waals surface area contributed by atoms with Gasteiger partial charge in [0.15, 0.2) is 0 Å². The normalized spacial score (nSPS) is 20.3. The highest BCUT2D eigenvalue weighted by Crippen LogP contribution is 2.42. The summed E-state index contributed by atoms with van der Waals surface area (Å²) >= 11 is 0. The van der Waals surface area contributed by atoms with E-state index in [1.165, 1.54) is 12.1 Å². The van der Waals surface area contributed by atoms with Crippen LogP contribution in [0.2, 0.25) is 0 Å². The van der Waals surface area contributed by atoms with Crippen LogP contribution in [0.1, 0.15) is 44.7 Å². The molecule has 1 aliphatic heterocycles. The number of hydrogen-bond donors (Lipinski definition) is 0. The molecule has 0 N–H and O–H groups in total. The van der Waals surface area contributed by atoms with Gasteiger partial charge in [0.05, 0.1) is 5.54 Å². The van der Waals surface area contributed by atoms with Crippen molar-refractivity contribution in [3.8, 4) is 0 Å². The Hall–Kier alpha value is -2.62. The summed E-state index contributed by atoms with van der Waals surface area (Å²) in [6.07, 6.45) is 0.897. The number of ether oxygens (including phenoxy) is 1. The summed E-state index contributed by atoms with van der Waals surface area (Å²) in [7, 11) is 0. The van der Waals surface area contributed by atoms with Crippen LogP contribution >= 0.6 is 0 Å². The molecule has 27 heavy (non-hydrogen) atoms. The molecule has 4 heteroatoms. The van der Waals surface area contributed by atoms with E-state index in [4.69, 9.17) is 4.74 Å². The fraction of sp³-hybridized carbons (Fsp3) is 0.348. The number of rotatable bonds is 5. The Labute approximate surface area is 160 Å². The second kappa shape index (κ2) is 7.18. The minimum absolute atomic E-state index is 0.291. The van der Waals surface area contributed by atoms with Gasteiger partial charge in [0.25, 0.3) is 0 Å². The smallest absolute Gasteiger partial charge is 0.411 e. The van der Waals surface area contributed by atoms with Gasteiger partial charge in [-0.05, 0) is 44.0 Å². The Morgan fingerprint density at radius 1 is 1.19 bits per heavy atom. The first-order valence-electron chi connectivity index (χ1n) is 9.21. The topological polar surface area (TPSA) is 29.5 Å². The number of carbonyl (C=O) groups excluding carboxylic acids is 1. The highest BCUT2D eigenvalue weighted by Gasteiger charge is 2.46. The molecule has 0 spiro atoms. The van der Waals surface area contributed by atoms with Gasteiger partial charge in [0, 0.05) is 19.4 Å². The van der Waals surface area contributed by atoms with Crippen molar-refractivity contribution >= 4 is 6.09 Å². The van der Waals surface area contributed by atoms with Crippen molar-refractivity contribution in [3.63, 3.8) is 0 Å². The van der Waals surface area contributed by atoms with Gasteiger partial charge in [0.1, 0.15) is 11.4 Å². The first-order valence-corrected chi connectivity index (χ1v) is 9.21. The molecule has 0 aromatic heterocycles. The number of amides is 1. The van der Waals surface area contributed by atoms with E-state index in [1.807, 2.05) is 51.1 Å². The number of benzene rings is 2. The molecule has 0 bridgehead atoms. The van der Waals surface area contributed by atoms with Gasteiger partial charge >= 0.3 is 6.09 Å². The van der Waals surface area contributed by atoms with Crippen molar-refractivity contribution < 1.29 is 13.9 Å². The summed E-state index contributed by atoms with van der Waals surface area (Å²) in [4.78, 5) is 14.8. The van der Waals surface area contributed by atoms with Crippen LogP contribution in [0.25, 0.3) is 0 Å². The lowest BCUT2D eigenvalue weighted by molar-refractivity contribution is -0.0735. The highest BCUT2D eigenvalue weighted by atomic mass is 19.1. The second-order valence-corrected chi connectivity index (χ2v) is 7.83. The predicted octanol–water partition coefficient (Wildman–Crippen LogP) is 5.76. The van der Waals surface area contributed by atoms with Crippen LogP contribution in [0, 0.1) is 5.82 Å². The minimum Gasteiger partial charge on any atom is -0.437 e. The molecule has 1 saturated heterocycles. The lowest BCUT2D eigenvalue weighted by Gasteiger charge is -2.47. The summed E-state index contributed by atoms with van der Waals surface area (Å²) < 4.78 is 19.4. The van der Waals surface area contributed by atoms with Crippen LogP contribution in [0.4, 0.5) is 9.18 Å². The SMILES string of the molecule is C=C(C)CC1(c2ccccc2)CCN(C(C)(C)c2ccc(F)cc2)C(=O)O1. The summed E-state index contributed by atoms with van der Waals surface area (Å²) in [6, 6.07) is 16.1. The average Bonchev–Trinajstić information content (AvgIpc) is 2.62. The van der Waals surface area contributed by atoms with Crippen molar-refractivity contribution in [2.75, 3.05) is 6.54 Å². The van der Waals surface area contributed by atoms with Crippen molar-refractivity contribution in [2.24, 2.45) is 0 Å². The Bertz CT molecular complexity index is 829. The Morgan fingerprint density at radius 3 is 2.37 bits per heavy atom. The van der Waals surface area contributed by atoms with Gasteiger partial charge < -0.3 is 4.74 Å². The number of cyclic esters (lactones) is 1. The fourth-order valence-electron chi connectivity index (χ4n) is 3.84. The zero-order valence-electron chi connectivity index (χ0n) is 16.2. The molecule has 1 amide bonds. The van der Waals surface area contributed by atoms with Crippen molar-refractivity contribution in [1.29, 1.82) is 0 Å². The summed E-state index contributed by atoms with van der Waals surface area (Å²) in [6.45, 7) is 10.4. The quantitative estimate of drug-likeness (QED) is 0.628. The maximum Gasteiger partial charge on any atom is 0.411 e. The lowest BCUT2D eigenvalue weighted by atomic mass is 9.82. The highest BCUT2D eigenvalue weighted by molar-refractivity contribution is 5.71. The number of halogens is 1. The number of hydrogen-bond acceptors (Lipinski definition) is 2. The zero-order chi connectivity index (χ0) is 19.7. The van der Waals surface area contributed by atoms with Gasteiger partial charge in [-0.1, -0.05) is 54.6 Å². The summed E-state index contributed by atoms with van der Waals surface area (Å²) in [5, 5.41) is 0. The maximum absolute atomic E-state index is 13.3. The molecule has 1 fully saturated rings. The van der Waals surface area contributed by atoms with E-state index in [2.05, 4.69) is 6.58 Å². The number of nitrogens with zero attached hydrogens (tertiary/aromatic N) is 1. The first-order chi connectivity index (χ1) is 12.7. The summed E-state index contributed by atoms with van der Waals surface area (Å²) in [5.41, 5.74) is 1.53. The third-order valence-corrected chi connectivity index (χ3v) is 5.36. The Morgan fingerprint density at radius 2 is 1.81 bits per heavy atom. The molecule has 0 aliphatic carbocycles. The van der Waals surface area contributed by atoms with Gasteiger partial charge in [0.2, 0.25) is 0 Å². The van der Waals surface area contributed by atoms with E-state index in [0.717, 1.165) is 16.7 Å². The largest absolute Gasteiger partial charge is 0.437 e. The van der Waals surface area contributed by atoms with E-state index in [9.17, 15) is 9.18 Å². The molecule has 0 saturated carbocycles. The Balaban J connectivity index is 1.90. The van der Waals surface area contributed by atoms with Crippen LogP contribution in [-0.2, 0) is 15.9 Å². The maximum atomic E-state index is 13.3. The van der Waals surface area contributed by atoms with Crippen LogP contribution < -0.4 is 0 Å². The van der Waals surface area contributed by atoms with Crippen LogP contribution in [0.5, 0.6) is 0 Å². The van der Waals surface area contributed by atoms with E-state index in [1.54, 1.807) is 17.0 Å². The second-order valence-electron chi connectivity index (χ2n) is 7.83.